The molecule has 0 unspecified atom stereocenters. The fourth-order valence-electron chi connectivity index (χ4n) is 1.83. The smallest absolute Gasteiger partial charge is 0.0698 e. The Labute approximate surface area is 112 Å². The summed E-state index contributed by atoms with van der Waals surface area (Å²) in [5, 5.41) is 16.2. The highest BCUT2D eigenvalue weighted by atomic mass is 16.5. The topological polar surface area (TPSA) is 59.3 Å². The molecule has 5 heteroatoms. The Kier molecular flexibility index (Phi) is 5.55. The van der Waals surface area contributed by atoms with Crippen LogP contribution in [0.4, 0.5) is 0 Å². The van der Waals surface area contributed by atoms with Gasteiger partial charge in [0.15, 0.2) is 0 Å². The zero-order valence-corrected chi connectivity index (χ0v) is 10.8. The van der Waals surface area contributed by atoms with Gasteiger partial charge in [0.1, 0.15) is 0 Å². The molecular formula is C14H19N3O2. The van der Waals surface area contributed by atoms with Crippen LogP contribution in [0, 0.1) is 0 Å². The number of aliphatic hydroxyl groups is 1. The van der Waals surface area contributed by atoms with E-state index in [-0.39, 0.29) is 6.61 Å². The molecule has 0 aliphatic carbocycles. The van der Waals surface area contributed by atoms with E-state index in [1.807, 2.05) is 35.1 Å². The van der Waals surface area contributed by atoms with Crippen molar-refractivity contribution in [2.75, 3.05) is 26.4 Å². The zero-order chi connectivity index (χ0) is 13.3. The van der Waals surface area contributed by atoms with Gasteiger partial charge in [-0.25, -0.2) is 4.68 Å². The highest BCUT2D eigenvalue weighted by Crippen LogP contribution is 2.12. The van der Waals surface area contributed by atoms with Crippen LogP contribution in [0.15, 0.2) is 42.7 Å². The van der Waals surface area contributed by atoms with Crippen molar-refractivity contribution in [1.29, 1.82) is 0 Å². The quantitative estimate of drug-likeness (QED) is 0.695. The molecule has 2 rings (SSSR count). The molecule has 2 N–H and O–H groups in total. The van der Waals surface area contributed by atoms with Crippen LogP contribution in [0.25, 0.3) is 5.69 Å². The molecule has 0 bridgehead atoms. The summed E-state index contributed by atoms with van der Waals surface area (Å²) in [7, 11) is 0. The Hall–Kier alpha value is -1.69. The van der Waals surface area contributed by atoms with Crippen LogP contribution in [0.3, 0.4) is 0 Å². The Bertz CT molecular complexity index is 471. The molecule has 0 aliphatic rings. The first-order valence-corrected chi connectivity index (χ1v) is 6.39. The normalized spacial score (nSPS) is 10.8. The maximum atomic E-state index is 8.59. The predicted octanol–water partition coefficient (Wildman–Crippen LogP) is 0.971. The molecule has 0 fully saturated rings. The number of nitrogens with zero attached hydrogens (tertiary/aromatic N) is 2. The van der Waals surface area contributed by atoms with Crippen molar-refractivity contribution in [2.24, 2.45) is 0 Å². The van der Waals surface area contributed by atoms with Crippen LogP contribution in [0.2, 0.25) is 0 Å². The van der Waals surface area contributed by atoms with Gasteiger partial charge in [-0.2, -0.15) is 5.10 Å². The summed E-state index contributed by atoms with van der Waals surface area (Å²) < 4.78 is 7.05. The maximum Gasteiger partial charge on any atom is 0.0698 e. The number of hydrogen-bond donors (Lipinski definition) is 2. The number of benzene rings is 1. The maximum absolute atomic E-state index is 8.59. The number of ether oxygens (including phenoxy) is 1. The number of hydrogen-bond acceptors (Lipinski definition) is 4. The summed E-state index contributed by atoms with van der Waals surface area (Å²) in [5.74, 6) is 0. The summed E-state index contributed by atoms with van der Waals surface area (Å²) in [6.07, 6.45) is 3.70. The molecule has 2 aromatic rings. The van der Waals surface area contributed by atoms with E-state index in [2.05, 4.69) is 16.5 Å². The Balaban J connectivity index is 1.87. The van der Waals surface area contributed by atoms with E-state index in [1.54, 1.807) is 6.20 Å². The summed E-state index contributed by atoms with van der Waals surface area (Å²) >= 11 is 0. The zero-order valence-electron chi connectivity index (χ0n) is 10.8. The molecule has 0 spiro atoms. The van der Waals surface area contributed by atoms with E-state index in [4.69, 9.17) is 9.84 Å². The molecule has 0 radical (unpaired) electrons. The molecule has 0 atom stereocenters. The minimum atomic E-state index is 0.0716. The fraction of sp³-hybridized carbons (Fsp3) is 0.357. The summed E-state index contributed by atoms with van der Waals surface area (Å²) in [6.45, 7) is 2.59. The van der Waals surface area contributed by atoms with Crippen LogP contribution in [-0.2, 0) is 11.3 Å². The first-order valence-electron chi connectivity index (χ1n) is 6.39. The highest BCUT2D eigenvalue weighted by Gasteiger charge is 2.03. The van der Waals surface area contributed by atoms with Crippen molar-refractivity contribution in [3.05, 3.63) is 48.3 Å². The molecule has 19 heavy (non-hydrogen) atoms. The van der Waals surface area contributed by atoms with Crippen LogP contribution in [0.5, 0.6) is 0 Å². The number of aromatic nitrogens is 2. The van der Waals surface area contributed by atoms with Gasteiger partial charge in [0, 0.05) is 25.5 Å². The lowest BCUT2D eigenvalue weighted by atomic mass is 10.2. The molecule has 0 saturated carbocycles. The van der Waals surface area contributed by atoms with Gasteiger partial charge in [-0.3, -0.25) is 0 Å². The van der Waals surface area contributed by atoms with Crippen molar-refractivity contribution in [3.8, 4) is 5.69 Å². The third-order valence-corrected chi connectivity index (χ3v) is 2.72. The van der Waals surface area contributed by atoms with E-state index >= 15 is 0 Å². The van der Waals surface area contributed by atoms with Gasteiger partial charge in [-0.1, -0.05) is 18.2 Å². The van der Waals surface area contributed by atoms with Crippen LogP contribution in [0.1, 0.15) is 5.56 Å². The summed E-state index contributed by atoms with van der Waals surface area (Å²) in [5.41, 5.74) is 2.27. The largest absolute Gasteiger partial charge is 0.394 e. The van der Waals surface area contributed by atoms with Gasteiger partial charge in [-0.15, -0.1) is 0 Å². The Morgan fingerprint density at radius 3 is 2.89 bits per heavy atom. The molecule has 102 valence electrons. The predicted molar refractivity (Wildman–Crippen MR) is 73.2 cm³/mol. The average Bonchev–Trinajstić information content (AvgIpc) is 2.97. The molecule has 0 amide bonds. The van der Waals surface area contributed by atoms with Crippen LogP contribution < -0.4 is 5.32 Å². The molecule has 1 heterocycles. The lowest BCUT2D eigenvalue weighted by Crippen LogP contribution is -2.20. The standard InChI is InChI=1S/C14H19N3O2/c18-9-11-19-10-7-15-12-13-4-1-2-5-14(13)17-8-3-6-16-17/h1-6,8,15,18H,7,9-12H2. The van der Waals surface area contributed by atoms with Gasteiger partial charge in [-0.05, 0) is 17.7 Å². The molecule has 0 aliphatic heterocycles. The van der Waals surface area contributed by atoms with E-state index in [1.165, 1.54) is 5.56 Å². The molecule has 0 saturated heterocycles. The van der Waals surface area contributed by atoms with Crippen molar-refractivity contribution in [3.63, 3.8) is 0 Å². The van der Waals surface area contributed by atoms with Crippen molar-refractivity contribution in [1.82, 2.24) is 15.1 Å². The van der Waals surface area contributed by atoms with E-state index in [9.17, 15) is 0 Å². The Morgan fingerprint density at radius 1 is 1.21 bits per heavy atom. The van der Waals surface area contributed by atoms with Crippen LogP contribution >= 0.6 is 0 Å². The molecule has 5 nitrogen and oxygen atoms in total. The molecule has 1 aromatic heterocycles. The number of nitrogens with one attached hydrogen (secondary N) is 1. The highest BCUT2D eigenvalue weighted by molar-refractivity contribution is 5.40. The summed E-state index contributed by atoms with van der Waals surface area (Å²) in [6, 6.07) is 10.1. The lowest BCUT2D eigenvalue weighted by molar-refractivity contribution is 0.0938. The van der Waals surface area contributed by atoms with Crippen molar-refractivity contribution in [2.45, 2.75) is 6.54 Å². The van der Waals surface area contributed by atoms with Gasteiger partial charge >= 0.3 is 0 Å². The SMILES string of the molecule is OCCOCCNCc1ccccc1-n1cccn1. The average molecular weight is 261 g/mol. The van der Waals surface area contributed by atoms with E-state index < -0.39 is 0 Å². The molecule has 1 aromatic carbocycles. The minimum Gasteiger partial charge on any atom is -0.394 e. The monoisotopic (exact) mass is 261 g/mol. The van der Waals surface area contributed by atoms with Gasteiger partial charge in [0.2, 0.25) is 0 Å². The number of para-hydroxylation sites is 1. The summed E-state index contributed by atoms with van der Waals surface area (Å²) in [4.78, 5) is 0. The van der Waals surface area contributed by atoms with Gasteiger partial charge in [0.25, 0.3) is 0 Å². The second-order valence-corrected chi connectivity index (χ2v) is 4.09. The first kappa shape index (κ1) is 13.7. The van der Waals surface area contributed by atoms with Gasteiger partial charge in [0.05, 0.1) is 25.5 Å². The Morgan fingerprint density at radius 2 is 2.11 bits per heavy atom. The third kappa shape index (κ3) is 4.17. The lowest BCUT2D eigenvalue weighted by Gasteiger charge is -2.10. The third-order valence-electron chi connectivity index (χ3n) is 2.72. The second-order valence-electron chi connectivity index (χ2n) is 4.09. The van der Waals surface area contributed by atoms with Crippen LogP contribution in [-0.4, -0.2) is 41.3 Å². The van der Waals surface area contributed by atoms with E-state index in [0.717, 1.165) is 18.8 Å². The first-order chi connectivity index (χ1) is 9.42. The number of aliphatic hydroxyl groups excluding tert-OH is 1. The second kappa shape index (κ2) is 7.68. The minimum absolute atomic E-state index is 0.0716. The van der Waals surface area contributed by atoms with Crippen molar-refractivity contribution >= 4 is 0 Å². The van der Waals surface area contributed by atoms with Crippen molar-refractivity contribution < 1.29 is 9.84 Å². The number of rotatable bonds is 8. The molecular weight excluding hydrogens is 242 g/mol. The fourth-order valence-corrected chi connectivity index (χ4v) is 1.83. The van der Waals surface area contributed by atoms with Gasteiger partial charge < -0.3 is 15.2 Å². The van der Waals surface area contributed by atoms with E-state index in [0.29, 0.717) is 13.2 Å².